The highest BCUT2D eigenvalue weighted by atomic mass is 32.1. The molecule has 2 nitrogen and oxygen atoms in total. The van der Waals surface area contributed by atoms with Crippen LogP contribution in [0.2, 0.25) is 0 Å². The lowest BCUT2D eigenvalue weighted by Gasteiger charge is -2.32. The van der Waals surface area contributed by atoms with E-state index in [-0.39, 0.29) is 0 Å². The highest BCUT2D eigenvalue weighted by Gasteiger charge is 2.36. The van der Waals surface area contributed by atoms with Crippen molar-refractivity contribution >= 4 is 11.3 Å². The molecule has 15 heavy (non-hydrogen) atoms. The molecule has 1 aromatic heterocycles. The molecule has 1 aliphatic carbocycles. The van der Waals surface area contributed by atoms with Gasteiger partial charge in [-0.05, 0) is 43.7 Å². The van der Waals surface area contributed by atoms with E-state index in [2.05, 4.69) is 29.8 Å². The first kappa shape index (κ1) is 10.7. The van der Waals surface area contributed by atoms with E-state index in [0.29, 0.717) is 0 Å². The van der Waals surface area contributed by atoms with E-state index in [9.17, 15) is 5.26 Å². The highest BCUT2D eigenvalue weighted by Crippen LogP contribution is 2.37. The highest BCUT2D eigenvalue weighted by molar-refractivity contribution is 7.10. The van der Waals surface area contributed by atoms with Crippen molar-refractivity contribution in [1.29, 1.82) is 5.26 Å². The predicted molar refractivity (Wildman–Crippen MR) is 62.8 cm³/mol. The van der Waals surface area contributed by atoms with Crippen LogP contribution in [0.15, 0.2) is 11.4 Å². The monoisotopic (exact) mass is 220 g/mol. The summed E-state index contributed by atoms with van der Waals surface area (Å²) in [6.07, 6.45) is 4.29. The molecular formula is C12H16N2S. The van der Waals surface area contributed by atoms with Crippen LogP contribution in [0.4, 0.5) is 0 Å². The second kappa shape index (κ2) is 4.34. The van der Waals surface area contributed by atoms with Gasteiger partial charge in [0, 0.05) is 10.4 Å². The summed E-state index contributed by atoms with van der Waals surface area (Å²) in [5, 5.41) is 15.0. The van der Waals surface area contributed by atoms with Crippen molar-refractivity contribution in [1.82, 2.24) is 5.32 Å². The van der Waals surface area contributed by atoms with Crippen molar-refractivity contribution < 1.29 is 0 Å². The van der Waals surface area contributed by atoms with Gasteiger partial charge in [0.1, 0.15) is 5.54 Å². The Hall–Kier alpha value is -0.850. The van der Waals surface area contributed by atoms with E-state index >= 15 is 0 Å². The van der Waals surface area contributed by atoms with Crippen molar-refractivity contribution in [3.8, 4) is 6.07 Å². The number of nitriles is 1. The molecule has 1 N–H and O–H groups in total. The Kier molecular flexibility index (Phi) is 3.08. The number of aryl methyl sites for hydroxylation is 1. The summed E-state index contributed by atoms with van der Waals surface area (Å²) < 4.78 is 0. The van der Waals surface area contributed by atoms with Crippen LogP contribution in [-0.2, 0) is 12.0 Å². The quantitative estimate of drug-likeness (QED) is 0.850. The van der Waals surface area contributed by atoms with Crippen LogP contribution in [0, 0.1) is 11.3 Å². The van der Waals surface area contributed by atoms with Gasteiger partial charge in [-0.15, -0.1) is 11.3 Å². The van der Waals surface area contributed by atoms with Crippen LogP contribution >= 0.6 is 11.3 Å². The molecule has 0 fully saturated rings. The van der Waals surface area contributed by atoms with E-state index in [4.69, 9.17) is 0 Å². The van der Waals surface area contributed by atoms with E-state index in [0.717, 1.165) is 32.2 Å². The second-order valence-electron chi connectivity index (χ2n) is 4.05. The molecule has 1 aromatic rings. The molecule has 1 aliphatic rings. The Labute approximate surface area is 94.9 Å². The SMILES string of the molecule is CCCNC1(C#N)CCCc2sccc21. The lowest BCUT2D eigenvalue weighted by molar-refractivity contribution is 0.370. The van der Waals surface area contributed by atoms with Gasteiger partial charge in [0.05, 0.1) is 6.07 Å². The minimum Gasteiger partial charge on any atom is -0.296 e. The standard InChI is InChI=1S/C12H16N2S/c1-2-7-14-12(9-13)6-3-4-11-10(12)5-8-15-11/h5,8,14H,2-4,6-7H2,1H3. The lowest BCUT2D eigenvalue weighted by Crippen LogP contribution is -2.43. The minimum absolute atomic E-state index is 0.399. The number of hydrogen-bond donors (Lipinski definition) is 1. The van der Waals surface area contributed by atoms with Crippen LogP contribution < -0.4 is 5.32 Å². The van der Waals surface area contributed by atoms with Gasteiger partial charge in [-0.25, -0.2) is 0 Å². The molecular weight excluding hydrogens is 204 g/mol. The molecule has 0 radical (unpaired) electrons. The summed E-state index contributed by atoms with van der Waals surface area (Å²) in [6.45, 7) is 3.05. The van der Waals surface area contributed by atoms with Crippen molar-refractivity contribution in [3.63, 3.8) is 0 Å². The number of hydrogen-bond acceptors (Lipinski definition) is 3. The third kappa shape index (κ3) is 1.80. The molecule has 3 heteroatoms. The Bertz CT molecular complexity index is 377. The molecule has 80 valence electrons. The lowest BCUT2D eigenvalue weighted by atomic mass is 9.81. The average Bonchev–Trinajstić information content (AvgIpc) is 2.75. The van der Waals surface area contributed by atoms with Crippen molar-refractivity contribution in [2.24, 2.45) is 0 Å². The van der Waals surface area contributed by atoms with E-state index < -0.39 is 5.54 Å². The fourth-order valence-electron chi connectivity index (χ4n) is 2.24. The molecule has 0 saturated carbocycles. The third-order valence-electron chi connectivity index (χ3n) is 3.03. The number of thiophene rings is 1. The molecule has 1 heterocycles. The summed E-state index contributed by atoms with van der Waals surface area (Å²) >= 11 is 1.79. The largest absolute Gasteiger partial charge is 0.296 e. The zero-order valence-electron chi connectivity index (χ0n) is 9.05. The topological polar surface area (TPSA) is 35.8 Å². The summed E-state index contributed by atoms with van der Waals surface area (Å²) in [5.41, 5.74) is 0.832. The van der Waals surface area contributed by atoms with Gasteiger partial charge < -0.3 is 0 Å². The normalized spacial score (nSPS) is 24.5. The molecule has 1 unspecified atom stereocenters. The van der Waals surface area contributed by atoms with Gasteiger partial charge >= 0.3 is 0 Å². The van der Waals surface area contributed by atoms with Gasteiger partial charge in [-0.2, -0.15) is 5.26 Å². The number of nitrogens with one attached hydrogen (secondary N) is 1. The molecule has 2 rings (SSSR count). The van der Waals surface area contributed by atoms with Gasteiger partial charge in [0.15, 0.2) is 0 Å². The summed E-state index contributed by atoms with van der Waals surface area (Å²) in [6, 6.07) is 4.61. The Morgan fingerprint density at radius 1 is 1.67 bits per heavy atom. The number of rotatable bonds is 3. The summed E-state index contributed by atoms with van der Waals surface area (Å²) in [5.74, 6) is 0. The van der Waals surface area contributed by atoms with Crippen molar-refractivity contribution in [3.05, 3.63) is 21.9 Å². The first-order valence-electron chi connectivity index (χ1n) is 5.55. The third-order valence-corrected chi connectivity index (χ3v) is 4.01. The Balaban J connectivity index is 2.32. The van der Waals surface area contributed by atoms with Crippen molar-refractivity contribution in [2.75, 3.05) is 6.54 Å². The molecule has 1 atom stereocenters. The molecule has 0 aliphatic heterocycles. The van der Waals surface area contributed by atoms with Crippen LogP contribution in [0.25, 0.3) is 0 Å². The van der Waals surface area contributed by atoms with Crippen LogP contribution in [-0.4, -0.2) is 6.54 Å². The number of fused-ring (bicyclic) bond motifs is 1. The maximum absolute atomic E-state index is 9.43. The average molecular weight is 220 g/mol. The van der Waals surface area contributed by atoms with Crippen LogP contribution in [0.5, 0.6) is 0 Å². The van der Waals surface area contributed by atoms with E-state index in [1.54, 1.807) is 11.3 Å². The molecule has 0 amide bonds. The summed E-state index contributed by atoms with van der Waals surface area (Å²) in [4.78, 5) is 1.39. The van der Waals surface area contributed by atoms with Crippen LogP contribution in [0.3, 0.4) is 0 Å². The van der Waals surface area contributed by atoms with E-state index in [1.165, 1.54) is 10.4 Å². The van der Waals surface area contributed by atoms with Gasteiger partial charge in [-0.1, -0.05) is 6.92 Å². The molecule has 0 spiro atoms. The predicted octanol–water partition coefficient (Wildman–Crippen LogP) is 2.80. The molecule has 0 aromatic carbocycles. The van der Waals surface area contributed by atoms with Gasteiger partial charge in [0.2, 0.25) is 0 Å². The molecule has 0 saturated heterocycles. The first-order valence-corrected chi connectivity index (χ1v) is 6.43. The second-order valence-corrected chi connectivity index (χ2v) is 5.06. The smallest absolute Gasteiger partial charge is 0.133 e. The Morgan fingerprint density at radius 3 is 3.27 bits per heavy atom. The number of nitrogens with zero attached hydrogens (tertiary/aromatic N) is 1. The fourth-order valence-corrected chi connectivity index (χ4v) is 3.24. The zero-order chi connectivity index (χ0) is 10.7. The van der Waals surface area contributed by atoms with E-state index in [1.807, 2.05) is 0 Å². The van der Waals surface area contributed by atoms with Gasteiger partial charge in [0.25, 0.3) is 0 Å². The fraction of sp³-hybridized carbons (Fsp3) is 0.583. The van der Waals surface area contributed by atoms with Crippen LogP contribution in [0.1, 0.15) is 36.6 Å². The maximum Gasteiger partial charge on any atom is 0.133 e. The molecule has 0 bridgehead atoms. The minimum atomic E-state index is -0.399. The summed E-state index contributed by atoms with van der Waals surface area (Å²) in [7, 11) is 0. The Morgan fingerprint density at radius 2 is 2.53 bits per heavy atom. The zero-order valence-corrected chi connectivity index (χ0v) is 9.86. The maximum atomic E-state index is 9.43. The van der Waals surface area contributed by atoms with Gasteiger partial charge in [-0.3, -0.25) is 5.32 Å². The first-order chi connectivity index (χ1) is 7.32. The van der Waals surface area contributed by atoms with Crippen molar-refractivity contribution in [2.45, 2.75) is 38.1 Å².